The van der Waals surface area contributed by atoms with Crippen molar-refractivity contribution in [2.75, 3.05) is 5.32 Å². The second kappa shape index (κ2) is 4.97. The van der Waals surface area contributed by atoms with Gasteiger partial charge in [0, 0.05) is 23.1 Å². The van der Waals surface area contributed by atoms with Gasteiger partial charge in [0.2, 0.25) is 0 Å². The zero-order chi connectivity index (χ0) is 10.6. The normalized spacial score (nSPS) is 11.9. The Bertz CT molecular complexity index is 360. The fourth-order valence-corrected chi connectivity index (χ4v) is 1.29. The van der Waals surface area contributed by atoms with Crippen LogP contribution in [-0.2, 0) is 0 Å². The standard InChI is InChI=1S/C10H10BrFN2/c1-3-4-7(2)14-10-9(12)5-8(11)6-13-10/h1,5-7H,4H2,2H3,(H,13,14). The van der Waals surface area contributed by atoms with Crippen LogP contribution in [0.1, 0.15) is 13.3 Å². The van der Waals surface area contributed by atoms with Gasteiger partial charge in [0.25, 0.3) is 0 Å². The summed E-state index contributed by atoms with van der Waals surface area (Å²) in [4.78, 5) is 3.90. The van der Waals surface area contributed by atoms with Crippen LogP contribution in [0.25, 0.3) is 0 Å². The van der Waals surface area contributed by atoms with Crippen molar-refractivity contribution in [2.45, 2.75) is 19.4 Å². The molecule has 1 aromatic heterocycles. The molecule has 1 heterocycles. The molecule has 1 rings (SSSR count). The zero-order valence-corrected chi connectivity index (χ0v) is 9.31. The molecule has 0 aliphatic rings. The summed E-state index contributed by atoms with van der Waals surface area (Å²) in [5.74, 6) is 2.34. The van der Waals surface area contributed by atoms with Crippen molar-refractivity contribution in [3.63, 3.8) is 0 Å². The number of rotatable bonds is 3. The minimum Gasteiger partial charge on any atom is -0.364 e. The highest BCUT2D eigenvalue weighted by Gasteiger charge is 2.06. The van der Waals surface area contributed by atoms with Crippen LogP contribution in [0.15, 0.2) is 16.7 Å². The molecule has 1 atom stereocenters. The topological polar surface area (TPSA) is 24.9 Å². The molecule has 0 aliphatic heterocycles. The fraction of sp³-hybridized carbons (Fsp3) is 0.300. The van der Waals surface area contributed by atoms with E-state index in [1.807, 2.05) is 6.92 Å². The molecule has 1 aromatic rings. The minimum absolute atomic E-state index is 0.0168. The van der Waals surface area contributed by atoms with Crippen molar-refractivity contribution in [1.29, 1.82) is 0 Å². The van der Waals surface area contributed by atoms with Gasteiger partial charge in [-0.05, 0) is 28.9 Å². The Kier molecular flexibility index (Phi) is 3.90. The molecule has 14 heavy (non-hydrogen) atoms. The number of aromatic nitrogens is 1. The Morgan fingerprint density at radius 3 is 3.07 bits per heavy atom. The van der Waals surface area contributed by atoms with E-state index in [1.165, 1.54) is 12.3 Å². The third-order valence-electron chi connectivity index (χ3n) is 1.61. The Labute approximate surface area is 91.1 Å². The maximum atomic E-state index is 13.2. The summed E-state index contributed by atoms with van der Waals surface area (Å²) in [6.45, 7) is 1.88. The van der Waals surface area contributed by atoms with E-state index in [-0.39, 0.29) is 17.7 Å². The number of anilines is 1. The van der Waals surface area contributed by atoms with E-state index < -0.39 is 0 Å². The molecule has 2 nitrogen and oxygen atoms in total. The number of pyridine rings is 1. The average molecular weight is 257 g/mol. The van der Waals surface area contributed by atoms with Crippen LogP contribution in [0.5, 0.6) is 0 Å². The van der Waals surface area contributed by atoms with Gasteiger partial charge in [-0.1, -0.05) is 0 Å². The maximum Gasteiger partial charge on any atom is 0.166 e. The molecule has 0 bridgehead atoms. The second-order valence-electron chi connectivity index (χ2n) is 2.94. The Balaban J connectivity index is 2.73. The molecule has 1 unspecified atom stereocenters. The first-order chi connectivity index (χ1) is 6.63. The Morgan fingerprint density at radius 1 is 1.79 bits per heavy atom. The largest absolute Gasteiger partial charge is 0.364 e. The molecule has 0 amide bonds. The van der Waals surface area contributed by atoms with Crippen molar-refractivity contribution in [1.82, 2.24) is 4.98 Å². The lowest BCUT2D eigenvalue weighted by atomic mass is 10.2. The number of terminal acetylenes is 1. The van der Waals surface area contributed by atoms with Gasteiger partial charge in [0.1, 0.15) is 0 Å². The van der Waals surface area contributed by atoms with Gasteiger partial charge >= 0.3 is 0 Å². The summed E-state index contributed by atoms with van der Waals surface area (Å²) >= 11 is 3.13. The van der Waals surface area contributed by atoms with Gasteiger partial charge in [0.05, 0.1) is 0 Å². The van der Waals surface area contributed by atoms with Crippen LogP contribution in [0.3, 0.4) is 0 Å². The summed E-state index contributed by atoms with van der Waals surface area (Å²) in [5.41, 5.74) is 0. The lowest BCUT2D eigenvalue weighted by Gasteiger charge is -2.11. The quantitative estimate of drug-likeness (QED) is 0.842. The number of nitrogens with zero attached hydrogens (tertiary/aromatic N) is 1. The Hall–Kier alpha value is -1.08. The molecule has 0 spiro atoms. The van der Waals surface area contributed by atoms with Crippen LogP contribution < -0.4 is 5.32 Å². The SMILES string of the molecule is C#CCC(C)Nc1ncc(Br)cc1F. The van der Waals surface area contributed by atoms with Gasteiger partial charge in [-0.25, -0.2) is 9.37 Å². The highest BCUT2D eigenvalue weighted by Crippen LogP contribution is 2.16. The molecule has 1 N–H and O–H groups in total. The molecule has 0 saturated carbocycles. The molecule has 0 aliphatic carbocycles. The van der Waals surface area contributed by atoms with Crippen molar-refractivity contribution in [3.05, 3.63) is 22.6 Å². The fourth-order valence-electron chi connectivity index (χ4n) is 0.982. The van der Waals surface area contributed by atoms with Gasteiger partial charge in [-0.2, -0.15) is 0 Å². The monoisotopic (exact) mass is 256 g/mol. The van der Waals surface area contributed by atoms with E-state index >= 15 is 0 Å². The van der Waals surface area contributed by atoms with Crippen LogP contribution in [-0.4, -0.2) is 11.0 Å². The minimum atomic E-state index is -0.386. The first-order valence-electron chi connectivity index (χ1n) is 4.14. The summed E-state index contributed by atoms with van der Waals surface area (Å²) in [5, 5.41) is 2.89. The van der Waals surface area contributed by atoms with Crippen LogP contribution >= 0.6 is 15.9 Å². The smallest absolute Gasteiger partial charge is 0.166 e. The number of nitrogens with one attached hydrogen (secondary N) is 1. The molecule has 0 aromatic carbocycles. The molecule has 74 valence electrons. The first kappa shape index (κ1) is 11.0. The summed E-state index contributed by atoms with van der Waals surface area (Å²) in [7, 11) is 0. The van der Waals surface area contributed by atoms with Gasteiger partial charge in [-0.15, -0.1) is 12.3 Å². The summed E-state index contributed by atoms with van der Waals surface area (Å²) in [6.07, 6.45) is 7.21. The highest BCUT2D eigenvalue weighted by atomic mass is 79.9. The van der Waals surface area contributed by atoms with Gasteiger partial charge in [-0.3, -0.25) is 0 Å². The molecular weight excluding hydrogens is 247 g/mol. The molecule has 4 heteroatoms. The van der Waals surface area contributed by atoms with Crippen LogP contribution in [0.2, 0.25) is 0 Å². The van der Waals surface area contributed by atoms with Crippen LogP contribution in [0.4, 0.5) is 10.2 Å². The highest BCUT2D eigenvalue weighted by molar-refractivity contribution is 9.10. The van der Waals surface area contributed by atoms with Crippen LogP contribution in [0, 0.1) is 18.2 Å². The molecule has 0 saturated heterocycles. The average Bonchev–Trinajstić information content (AvgIpc) is 2.10. The molecule has 0 fully saturated rings. The molecular formula is C10H10BrFN2. The van der Waals surface area contributed by atoms with Crippen molar-refractivity contribution in [2.24, 2.45) is 0 Å². The first-order valence-corrected chi connectivity index (χ1v) is 4.94. The van der Waals surface area contributed by atoms with Crippen molar-refractivity contribution >= 4 is 21.7 Å². The van der Waals surface area contributed by atoms with Gasteiger partial charge in [0.15, 0.2) is 11.6 Å². The predicted molar refractivity (Wildman–Crippen MR) is 58.4 cm³/mol. The number of hydrogen-bond donors (Lipinski definition) is 1. The van der Waals surface area contributed by atoms with E-state index in [2.05, 4.69) is 32.2 Å². The van der Waals surface area contributed by atoms with E-state index in [0.717, 1.165) is 0 Å². The lowest BCUT2D eigenvalue weighted by molar-refractivity contribution is 0.619. The van der Waals surface area contributed by atoms with Crippen molar-refractivity contribution < 1.29 is 4.39 Å². The third-order valence-corrected chi connectivity index (χ3v) is 2.05. The van der Waals surface area contributed by atoms with Gasteiger partial charge < -0.3 is 5.32 Å². The molecule has 0 radical (unpaired) electrons. The maximum absolute atomic E-state index is 13.2. The Morgan fingerprint density at radius 2 is 2.50 bits per heavy atom. The summed E-state index contributed by atoms with van der Waals surface area (Å²) < 4.78 is 13.9. The van der Waals surface area contributed by atoms with E-state index in [4.69, 9.17) is 6.42 Å². The number of hydrogen-bond acceptors (Lipinski definition) is 2. The van der Waals surface area contributed by atoms with E-state index in [1.54, 1.807) is 0 Å². The predicted octanol–water partition coefficient (Wildman–Crippen LogP) is 2.81. The summed E-state index contributed by atoms with van der Waals surface area (Å²) in [6, 6.07) is 1.38. The van der Waals surface area contributed by atoms with E-state index in [0.29, 0.717) is 10.9 Å². The second-order valence-corrected chi connectivity index (χ2v) is 3.85. The van der Waals surface area contributed by atoms with E-state index in [9.17, 15) is 4.39 Å². The lowest BCUT2D eigenvalue weighted by Crippen LogP contribution is -2.16. The van der Waals surface area contributed by atoms with Crippen molar-refractivity contribution in [3.8, 4) is 12.3 Å². The zero-order valence-electron chi connectivity index (χ0n) is 7.72. The number of halogens is 2. The third kappa shape index (κ3) is 3.00.